The van der Waals surface area contributed by atoms with E-state index in [1.54, 1.807) is 18.2 Å². The highest BCUT2D eigenvalue weighted by atomic mass is 79.9. The third kappa shape index (κ3) is 3.05. The standard InChI is InChI=1S/C13H15BrClNO2/c1-2-10-8-16(5-6-18-10)13(17)11-7-9(15)3-4-12(11)14/h3-4,7,10H,2,5-6,8H2,1H3. The molecule has 1 heterocycles. The Labute approximate surface area is 120 Å². The molecule has 1 aliphatic rings. The molecule has 3 nitrogen and oxygen atoms in total. The maximum absolute atomic E-state index is 12.4. The fourth-order valence-electron chi connectivity index (χ4n) is 1.98. The number of hydrogen-bond acceptors (Lipinski definition) is 2. The molecule has 1 fully saturated rings. The fourth-order valence-corrected chi connectivity index (χ4v) is 2.57. The molecular weight excluding hydrogens is 318 g/mol. The Bertz CT molecular complexity index is 453. The highest BCUT2D eigenvalue weighted by Gasteiger charge is 2.25. The van der Waals surface area contributed by atoms with Crippen LogP contribution in [0.1, 0.15) is 23.7 Å². The van der Waals surface area contributed by atoms with Crippen molar-refractivity contribution in [2.75, 3.05) is 19.7 Å². The molecule has 18 heavy (non-hydrogen) atoms. The number of halogens is 2. The number of rotatable bonds is 2. The molecule has 1 amide bonds. The Balaban J connectivity index is 2.17. The van der Waals surface area contributed by atoms with Gasteiger partial charge in [0.05, 0.1) is 18.3 Å². The SMILES string of the molecule is CCC1CN(C(=O)c2cc(Cl)ccc2Br)CCO1. The lowest BCUT2D eigenvalue weighted by atomic mass is 10.1. The zero-order valence-corrected chi connectivity index (χ0v) is 12.5. The third-order valence-corrected chi connectivity index (χ3v) is 3.97. The molecule has 0 aliphatic carbocycles. The normalized spacial score (nSPS) is 19.9. The largest absolute Gasteiger partial charge is 0.375 e. The Morgan fingerprint density at radius 1 is 1.61 bits per heavy atom. The van der Waals surface area contributed by atoms with Crippen LogP contribution >= 0.6 is 27.5 Å². The molecular formula is C13H15BrClNO2. The number of benzene rings is 1. The molecule has 1 aromatic rings. The average Bonchev–Trinajstić information content (AvgIpc) is 2.41. The first-order chi connectivity index (χ1) is 8.61. The molecule has 5 heteroatoms. The van der Waals surface area contributed by atoms with E-state index >= 15 is 0 Å². The Hall–Kier alpha value is -0.580. The van der Waals surface area contributed by atoms with Gasteiger partial charge in [0, 0.05) is 22.6 Å². The summed E-state index contributed by atoms with van der Waals surface area (Å²) in [5, 5.41) is 0.571. The minimum Gasteiger partial charge on any atom is -0.375 e. The van der Waals surface area contributed by atoms with Crippen LogP contribution in [0.5, 0.6) is 0 Å². The van der Waals surface area contributed by atoms with Gasteiger partial charge in [-0.3, -0.25) is 4.79 Å². The van der Waals surface area contributed by atoms with E-state index in [1.165, 1.54) is 0 Å². The van der Waals surface area contributed by atoms with Gasteiger partial charge in [-0.2, -0.15) is 0 Å². The predicted molar refractivity (Wildman–Crippen MR) is 75.1 cm³/mol. The summed E-state index contributed by atoms with van der Waals surface area (Å²) < 4.78 is 6.34. The summed E-state index contributed by atoms with van der Waals surface area (Å²) in [5.74, 6) is 0.00567. The third-order valence-electron chi connectivity index (χ3n) is 3.04. The van der Waals surface area contributed by atoms with E-state index in [0.717, 1.165) is 10.9 Å². The van der Waals surface area contributed by atoms with Crippen molar-refractivity contribution in [3.63, 3.8) is 0 Å². The number of carbonyl (C=O) groups excluding carboxylic acids is 1. The number of morpholine rings is 1. The summed E-state index contributed by atoms with van der Waals surface area (Å²) in [4.78, 5) is 14.2. The van der Waals surface area contributed by atoms with Crippen molar-refractivity contribution in [1.29, 1.82) is 0 Å². The van der Waals surface area contributed by atoms with Gasteiger partial charge < -0.3 is 9.64 Å². The smallest absolute Gasteiger partial charge is 0.255 e. The summed E-state index contributed by atoms with van der Waals surface area (Å²) in [7, 11) is 0. The van der Waals surface area contributed by atoms with E-state index in [9.17, 15) is 4.79 Å². The first-order valence-electron chi connectivity index (χ1n) is 5.97. The second kappa shape index (κ2) is 6.04. The van der Waals surface area contributed by atoms with Crippen LogP contribution in [0.4, 0.5) is 0 Å². The minimum atomic E-state index is 0.00567. The van der Waals surface area contributed by atoms with E-state index in [-0.39, 0.29) is 12.0 Å². The van der Waals surface area contributed by atoms with Crippen LogP contribution in [-0.2, 0) is 4.74 Å². The molecule has 1 unspecified atom stereocenters. The van der Waals surface area contributed by atoms with Crippen LogP contribution in [0.25, 0.3) is 0 Å². The summed E-state index contributed by atoms with van der Waals surface area (Å²) in [6.07, 6.45) is 1.06. The zero-order valence-electron chi connectivity index (χ0n) is 10.2. The lowest BCUT2D eigenvalue weighted by Crippen LogP contribution is -2.45. The van der Waals surface area contributed by atoms with Gasteiger partial charge in [-0.15, -0.1) is 0 Å². The topological polar surface area (TPSA) is 29.5 Å². The molecule has 0 spiro atoms. The number of amides is 1. The van der Waals surface area contributed by atoms with Crippen molar-refractivity contribution < 1.29 is 9.53 Å². The van der Waals surface area contributed by atoms with Crippen molar-refractivity contribution in [2.24, 2.45) is 0 Å². The van der Waals surface area contributed by atoms with E-state index < -0.39 is 0 Å². The lowest BCUT2D eigenvalue weighted by molar-refractivity contribution is -0.0226. The molecule has 2 rings (SSSR count). The lowest BCUT2D eigenvalue weighted by Gasteiger charge is -2.32. The Kier molecular flexibility index (Phi) is 4.65. The highest BCUT2D eigenvalue weighted by molar-refractivity contribution is 9.10. The maximum Gasteiger partial charge on any atom is 0.255 e. The number of nitrogens with zero attached hydrogens (tertiary/aromatic N) is 1. The first-order valence-corrected chi connectivity index (χ1v) is 7.15. The number of hydrogen-bond donors (Lipinski definition) is 0. The van der Waals surface area contributed by atoms with E-state index in [0.29, 0.717) is 30.3 Å². The van der Waals surface area contributed by atoms with Gasteiger partial charge in [-0.05, 0) is 40.5 Å². The second-order valence-electron chi connectivity index (χ2n) is 4.28. The number of carbonyl (C=O) groups is 1. The molecule has 0 radical (unpaired) electrons. The van der Waals surface area contributed by atoms with Crippen LogP contribution in [0.15, 0.2) is 22.7 Å². The van der Waals surface area contributed by atoms with Crippen LogP contribution < -0.4 is 0 Å². The predicted octanol–water partition coefficient (Wildman–Crippen LogP) is 3.35. The van der Waals surface area contributed by atoms with Crippen LogP contribution in [0.2, 0.25) is 5.02 Å². The number of ether oxygens (including phenoxy) is 1. The molecule has 0 bridgehead atoms. The molecule has 98 valence electrons. The first kappa shape index (κ1) is 13.8. The van der Waals surface area contributed by atoms with E-state index in [4.69, 9.17) is 16.3 Å². The Morgan fingerprint density at radius 2 is 2.39 bits per heavy atom. The molecule has 1 aliphatic heterocycles. The summed E-state index contributed by atoms with van der Waals surface area (Å²) in [6, 6.07) is 5.26. The van der Waals surface area contributed by atoms with Crippen molar-refractivity contribution in [2.45, 2.75) is 19.4 Å². The molecule has 0 aromatic heterocycles. The minimum absolute atomic E-state index is 0.00567. The van der Waals surface area contributed by atoms with Gasteiger partial charge in [0.15, 0.2) is 0 Å². The van der Waals surface area contributed by atoms with Gasteiger partial charge in [0.2, 0.25) is 0 Å². The summed E-state index contributed by atoms with van der Waals surface area (Å²) >= 11 is 9.33. The summed E-state index contributed by atoms with van der Waals surface area (Å²) in [5.41, 5.74) is 0.610. The molecule has 0 saturated carbocycles. The highest BCUT2D eigenvalue weighted by Crippen LogP contribution is 2.23. The van der Waals surface area contributed by atoms with Crippen molar-refractivity contribution in [3.8, 4) is 0 Å². The van der Waals surface area contributed by atoms with Crippen LogP contribution in [0.3, 0.4) is 0 Å². The Morgan fingerprint density at radius 3 is 3.11 bits per heavy atom. The van der Waals surface area contributed by atoms with Crippen LogP contribution in [0, 0.1) is 0 Å². The molecule has 1 saturated heterocycles. The monoisotopic (exact) mass is 331 g/mol. The van der Waals surface area contributed by atoms with Crippen LogP contribution in [-0.4, -0.2) is 36.6 Å². The van der Waals surface area contributed by atoms with Gasteiger partial charge >= 0.3 is 0 Å². The summed E-state index contributed by atoms with van der Waals surface area (Å²) in [6.45, 7) is 3.94. The van der Waals surface area contributed by atoms with Crippen molar-refractivity contribution in [3.05, 3.63) is 33.3 Å². The second-order valence-corrected chi connectivity index (χ2v) is 5.57. The molecule has 1 atom stereocenters. The van der Waals surface area contributed by atoms with E-state index in [1.807, 2.05) is 4.90 Å². The molecule has 1 aromatic carbocycles. The van der Waals surface area contributed by atoms with Gasteiger partial charge in [0.25, 0.3) is 5.91 Å². The zero-order chi connectivity index (χ0) is 13.1. The van der Waals surface area contributed by atoms with Gasteiger partial charge in [0.1, 0.15) is 0 Å². The molecule has 0 N–H and O–H groups in total. The fraction of sp³-hybridized carbons (Fsp3) is 0.462. The van der Waals surface area contributed by atoms with Gasteiger partial charge in [-0.25, -0.2) is 0 Å². The van der Waals surface area contributed by atoms with Crippen molar-refractivity contribution >= 4 is 33.4 Å². The maximum atomic E-state index is 12.4. The average molecular weight is 333 g/mol. The van der Waals surface area contributed by atoms with Crippen molar-refractivity contribution in [1.82, 2.24) is 4.90 Å². The van der Waals surface area contributed by atoms with E-state index in [2.05, 4.69) is 22.9 Å². The quantitative estimate of drug-likeness (QED) is 0.831. The van der Waals surface area contributed by atoms with Gasteiger partial charge in [-0.1, -0.05) is 18.5 Å².